The Balaban J connectivity index is 1.51. The lowest BCUT2D eigenvalue weighted by Crippen LogP contribution is -2.40. The lowest BCUT2D eigenvalue weighted by molar-refractivity contribution is 0.0608. The first kappa shape index (κ1) is 23.6. The van der Waals surface area contributed by atoms with E-state index in [1.165, 1.54) is 0 Å². The smallest absolute Gasteiger partial charge is 0.322 e. The zero-order chi connectivity index (χ0) is 24.6. The Morgan fingerprint density at radius 3 is 2.74 bits per heavy atom. The molecule has 1 aliphatic rings. The van der Waals surface area contributed by atoms with Crippen LogP contribution < -0.4 is 14.8 Å². The summed E-state index contributed by atoms with van der Waals surface area (Å²) >= 11 is 0. The molecule has 0 radical (unpaired) electrons. The highest BCUT2D eigenvalue weighted by atomic mass is 16.6. The Bertz CT molecular complexity index is 1270. The minimum atomic E-state index is -0.322. The summed E-state index contributed by atoms with van der Waals surface area (Å²) in [6.45, 7) is 0.647. The Labute approximate surface area is 204 Å². The number of amides is 2. The zero-order valence-corrected chi connectivity index (χ0v) is 19.6. The Hall–Kier alpha value is -4.51. The number of carbonyl (C=O) groups excluding carboxylic acids is 1. The van der Waals surface area contributed by atoms with Gasteiger partial charge in [-0.1, -0.05) is 35.5 Å². The van der Waals surface area contributed by atoms with Crippen molar-refractivity contribution < 1.29 is 19.1 Å². The summed E-state index contributed by atoms with van der Waals surface area (Å²) < 4.78 is 10.8. The quantitative estimate of drug-likeness (QED) is 0.510. The van der Waals surface area contributed by atoms with Crippen LogP contribution in [-0.4, -0.2) is 43.5 Å². The minimum Gasteiger partial charge on any atom is -0.497 e. The maximum absolute atomic E-state index is 13.3. The normalized spacial score (nSPS) is 14.3. The fourth-order valence-corrected chi connectivity index (χ4v) is 3.89. The fourth-order valence-electron chi connectivity index (χ4n) is 3.89. The second-order valence-electron chi connectivity index (χ2n) is 8.02. The first-order valence-electron chi connectivity index (χ1n) is 11.1. The number of urea groups is 1. The minimum absolute atomic E-state index is 0.308. The van der Waals surface area contributed by atoms with E-state index in [-0.39, 0.29) is 12.1 Å². The molecular formula is C27H26N4O4. The second kappa shape index (κ2) is 11.1. The number of para-hydroxylation sites is 1. The van der Waals surface area contributed by atoms with Crippen molar-refractivity contribution in [2.75, 3.05) is 26.1 Å². The molecule has 2 amide bonds. The van der Waals surface area contributed by atoms with E-state index in [4.69, 9.17) is 14.3 Å². The molecule has 1 heterocycles. The van der Waals surface area contributed by atoms with E-state index >= 15 is 0 Å². The van der Waals surface area contributed by atoms with Gasteiger partial charge in [0.2, 0.25) is 0 Å². The first-order chi connectivity index (χ1) is 17.1. The molecule has 8 heteroatoms. The number of anilines is 1. The van der Waals surface area contributed by atoms with E-state index in [9.17, 15) is 10.1 Å². The number of benzene rings is 3. The molecule has 1 aliphatic heterocycles. The first-order valence-corrected chi connectivity index (χ1v) is 11.1. The molecule has 8 nitrogen and oxygen atoms in total. The molecule has 0 aromatic heterocycles. The molecule has 0 saturated carbocycles. The number of hydrogen-bond acceptors (Lipinski definition) is 6. The standard InChI is InChI=1S/C27H26N4O4/c1-33-22-10-6-8-20(14-22)17-31(27(32)29-21-9-5-7-19(13-21)16-28)18-23-15-25(30-35-23)24-11-3-4-12-26(24)34-2/h3-14,23H,15,17-18H2,1-2H3,(H,29,32)/t23-/m1/s1. The van der Waals surface area contributed by atoms with Crippen molar-refractivity contribution in [3.63, 3.8) is 0 Å². The van der Waals surface area contributed by atoms with Crippen LogP contribution in [0.2, 0.25) is 0 Å². The van der Waals surface area contributed by atoms with Crippen LogP contribution in [0.1, 0.15) is 23.1 Å². The molecule has 0 fully saturated rings. The maximum Gasteiger partial charge on any atom is 0.322 e. The van der Waals surface area contributed by atoms with Gasteiger partial charge in [-0.25, -0.2) is 4.79 Å². The van der Waals surface area contributed by atoms with Crippen molar-refractivity contribution >= 4 is 17.4 Å². The highest BCUT2D eigenvalue weighted by Crippen LogP contribution is 2.25. The van der Waals surface area contributed by atoms with Crippen LogP contribution in [0.15, 0.2) is 78.0 Å². The molecule has 0 unspecified atom stereocenters. The van der Waals surface area contributed by atoms with Crippen LogP contribution in [0.3, 0.4) is 0 Å². The van der Waals surface area contributed by atoms with Crippen LogP contribution in [0.5, 0.6) is 11.5 Å². The summed E-state index contributed by atoms with van der Waals surface area (Å²) in [6, 6.07) is 23.8. The lowest BCUT2D eigenvalue weighted by atomic mass is 10.0. The number of rotatable bonds is 8. The lowest BCUT2D eigenvalue weighted by Gasteiger charge is -2.25. The van der Waals surface area contributed by atoms with Gasteiger partial charge in [-0.15, -0.1) is 0 Å². The van der Waals surface area contributed by atoms with Crippen LogP contribution in [0, 0.1) is 11.3 Å². The van der Waals surface area contributed by atoms with Gasteiger partial charge >= 0.3 is 6.03 Å². The number of oxime groups is 1. The van der Waals surface area contributed by atoms with Gasteiger partial charge in [0.15, 0.2) is 6.10 Å². The van der Waals surface area contributed by atoms with E-state index in [1.807, 2.05) is 48.5 Å². The van der Waals surface area contributed by atoms with Gasteiger partial charge in [-0.3, -0.25) is 0 Å². The van der Waals surface area contributed by atoms with E-state index < -0.39 is 0 Å². The molecule has 3 aromatic carbocycles. The largest absolute Gasteiger partial charge is 0.497 e. The van der Waals surface area contributed by atoms with E-state index in [2.05, 4.69) is 16.5 Å². The summed E-state index contributed by atoms with van der Waals surface area (Å²) in [5.74, 6) is 1.43. The van der Waals surface area contributed by atoms with Gasteiger partial charge in [0.25, 0.3) is 0 Å². The number of nitriles is 1. The van der Waals surface area contributed by atoms with E-state index in [0.29, 0.717) is 36.5 Å². The highest BCUT2D eigenvalue weighted by Gasteiger charge is 2.28. The summed E-state index contributed by atoms with van der Waals surface area (Å²) in [5, 5.41) is 16.3. The molecule has 1 N–H and O–H groups in total. The van der Waals surface area contributed by atoms with Crippen LogP contribution in [0.4, 0.5) is 10.5 Å². The predicted molar refractivity (Wildman–Crippen MR) is 133 cm³/mol. The third-order valence-corrected chi connectivity index (χ3v) is 5.61. The number of carbonyl (C=O) groups is 1. The molecule has 0 saturated heterocycles. The molecule has 0 spiro atoms. The van der Waals surface area contributed by atoms with E-state index in [0.717, 1.165) is 22.6 Å². The number of methoxy groups -OCH3 is 2. The Morgan fingerprint density at radius 1 is 1.11 bits per heavy atom. The van der Waals surface area contributed by atoms with Crippen molar-refractivity contribution in [3.8, 4) is 17.6 Å². The van der Waals surface area contributed by atoms with Crippen molar-refractivity contribution in [1.82, 2.24) is 4.90 Å². The molecule has 1 atom stereocenters. The number of hydrogen-bond donors (Lipinski definition) is 1. The third kappa shape index (κ3) is 5.89. The van der Waals surface area contributed by atoms with Gasteiger partial charge in [0, 0.05) is 24.2 Å². The summed E-state index contributed by atoms with van der Waals surface area (Å²) in [7, 11) is 3.23. The van der Waals surface area contributed by atoms with Crippen molar-refractivity contribution in [3.05, 3.63) is 89.5 Å². The topological polar surface area (TPSA) is 96.2 Å². The Morgan fingerprint density at radius 2 is 1.94 bits per heavy atom. The molecule has 4 rings (SSSR count). The molecule has 3 aromatic rings. The van der Waals surface area contributed by atoms with Crippen LogP contribution in [0.25, 0.3) is 0 Å². The van der Waals surface area contributed by atoms with E-state index in [1.54, 1.807) is 43.4 Å². The van der Waals surface area contributed by atoms with Crippen molar-refractivity contribution in [2.24, 2.45) is 5.16 Å². The summed E-state index contributed by atoms with van der Waals surface area (Å²) in [4.78, 5) is 20.7. The third-order valence-electron chi connectivity index (χ3n) is 5.61. The SMILES string of the molecule is COc1cccc(CN(C[C@H]2CC(c3ccccc3OC)=NO2)C(=O)Nc2cccc(C#N)c2)c1. The number of ether oxygens (including phenoxy) is 2. The summed E-state index contributed by atoms with van der Waals surface area (Å²) in [5.41, 5.74) is 3.57. The van der Waals surface area contributed by atoms with Gasteiger partial charge in [0.1, 0.15) is 11.5 Å². The molecule has 0 aliphatic carbocycles. The predicted octanol–water partition coefficient (Wildman–Crippen LogP) is 4.80. The molecular weight excluding hydrogens is 444 g/mol. The Kier molecular flexibility index (Phi) is 7.48. The maximum atomic E-state index is 13.3. The van der Waals surface area contributed by atoms with Crippen molar-refractivity contribution in [2.45, 2.75) is 19.1 Å². The van der Waals surface area contributed by atoms with Crippen LogP contribution in [-0.2, 0) is 11.4 Å². The summed E-state index contributed by atoms with van der Waals surface area (Å²) in [6.07, 6.45) is 0.211. The zero-order valence-electron chi connectivity index (χ0n) is 19.6. The monoisotopic (exact) mass is 470 g/mol. The average Bonchev–Trinajstić information content (AvgIpc) is 3.36. The van der Waals surface area contributed by atoms with Crippen LogP contribution >= 0.6 is 0 Å². The average molecular weight is 471 g/mol. The van der Waals surface area contributed by atoms with Crippen molar-refractivity contribution in [1.29, 1.82) is 5.26 Å². The number of nitrogens with zero attached hydrogens (tertiary/aromatic N) is 3. The van der Waals surface area contributed by atoms with Gasteiger partial charge in [-0.05, 0) is 48.0 Å². The van der Waals surface area contributed by atoms with Gasteiger partial charge < -0.3 is 24.5 Å². The van der Waals surface area contributed by atoms with Gasteiger partial charge in [-0.2, -0.15) is 5.26 Å². The number of nitrogens with one attached hydrogen (secondary N) is 1. The second-order valence-corrected chi connectivity index (χ2v) is 8.02. The van der Waals surface area contributed by atoms with Gasteiger partial charge in [0.05, 0.1) is 38.1 Å². The molecule has 35 heavy (non-hydrogen) atoms. The molecule has 0 bridgehead atoms. The molecule has 178 valence electrons. The highest BCUT2D eigenvalue weighted by molar-refractivity contribution is 6.03. The fraction of sp³-hybridized carbons (Fsp3) is 0.222.